The Morgan fingerprint density at radius 2 is 1.94 bits per heavy atom. The number of amides is 1. The molecule has 0 aliphatic carbocycles. The lowest BCUT2D eigenvalue weighted by molar-refractivity contribution is -0.0463. The van der Waals surface area contributed by atoms with Crippen LogP contribution in [0.3, 0.4) is 0 Å². The van der Waals surface area contributed by atoms with Crippen LogP contribution in [0.5, 0.6) is 11.5 Å². The van der Waals surface area contributed by atoms with Crippen LogP contribution in [-0.2, 0) is 9.47 Å². The van der Waals surface area contributed by atoms with Crippen LogP contribution in [0.1, 0.15) is 18.2 Å². The summed E-state index contributed by atoms with van der Waals surface area (Å²) in [7, 11) is 0. The normalized spacial score (nSPS) is 19.5. The molecule has 2 aromatic carbocycles. The van der Waals surface area contributed by atoms with Gasteiger partial charge in [0.05, 0.1) is 18.6 Å². The zero-order chi connectivity index (χ0) is 24.9. The minimum absolute atomic E-state index is 0.158. The average Bonchev–Trinajstić information content (AvgIpc) is 3.48. The largest absolute Gasteiger partial charge is 0.457 e. The van der Waals surface area contributed by atoms with Gasteiger partial charge in [-0.2, -0.15) is 5.10 Å². The summed E-state index contributed by atoms with van der Waals surface area (Å²) in [6.07, 6.45) is 1.72. The summed E-state index contributed by atoms with van der Waals surface area (Å²) in [6.45, 7) is -0.158. The van der Waals surface area contributed by atoms with Gasteiger partial charge >= 0.3 is 6.09 Å². The van der Waals surface area contributed by atoms with Crippen molar-refractivity contribution in [3.8, 4) is 11.5 Å². The molecule has 1 saturated heterocycles. The molecule has 1 aliphatic heterocycles. The van der Waals surface area contributed by atoms with Crippen molar-refractivity contribution in [2.45, 2.75) is 24.9 Å². The molecule has 1 fully saturated rings. The van der Waals surface area contributed by atoms with E-state index in [1.165, 1.54) is 18.9 Å². The summed E-state index contributed by atoms with van der Waals surface area (Å²) in [5, 5.41) is 14.3. The number of nitrogen functional groups attached to an aromatic ring is 1. The average molecular weight is 489 g/mol. The van der Waals surface area contributed by atoms with Gasteiger partial charge in [0.1, 0.15) is 42.3 Å². The molecular formula is C24H23N7O5. The minimum atomic E-state index is -0.848. The first kappa shape index (κ1) is 23.2. The van der Waals surface area contributed by atoms with Crippen LogP contribution in [0.2, 0.25) is 0 Å². The molecule has 12 heteroatoms. The van der Waals surface area contributed by atoms with E-state index in [0.29, 0.717) is 16.9 Å². The lowest BCUT2D eigenvalue weighted by Gasteiger charge is -2.15. The summed E-state index contributed by atoms with van der Waals surface area (Å²) in [6, 6.07) is 16.6. The molecule has 0 bridgehead atoms. The van der Waals surface area contributed by atoms with Gasteiger partial charge in [-0.25, -0.2) is 25.2 Å². The molecule has 4 N–H and O–H groups in total. The fraction of sp³-hybridized carbons (Fsp3) is 0.208. The number of nitrogens with one attached hydrogen (secondary N) is 1. The smallest absolute Gasteiger partial charge is 0.427 e. The molecule has 0 unspecified atom stereocenters. The predicted octanol–water partition coefficient (Wildman–Crippen LogP) is 2.61. The van der Waals surface area contributed by atoms with Gasteiger partial charge in [-0.05, 0) is 42.0 Å². The molecule has 0 spiro atoms. The van der Waals surface area contributed by atoms with Crippen LogP contribution in [-0.4, -0.2) is 55.7 Å². The summed E-state index contributed by atoms with van der Waals surface area (Å²) in [4.78, 5) is 24.3. The first-order valence-electron chi connectivity index (χ1n) is 11.1. The molecule has 0 radical (unpaired) electrons. The highest BCUT2D eigenvalue weighted by molar-refractivity contribution is 5.81. The lowest BCUT2D eigenvalue weighted by Crippen LogP contribution is -2.30. The topological polar surface area (TPSA) is 159 Å². The molecular weight excluding hydrogens is 466 g/mol. The first-order chi connectivity index (χ1) is 17.6. The van der Waals surface area contributed by atoms with E-state index in [1.807, 2.05) is 30.3 Å². The molecule has 3 atom stereocenters. The summed E-state index contributed by atoms with van der Waals surface area (Å²) >= 11 is 0. The van der Waals surface area contributed by atoms with E-state index < -0.39 is 24.5 Å². The number of para-hydroxylation sites is 1. The zero-order valence-corrected chi connectivity index (χ0v) is 19.0. The number of imidazole rings is 1. The quantitative estimate of drug-likeness (QED) is 0.262. The molecule has 0 saturated carbocycles. The second kappa shape index (κ2) is 10.4. The summed E-state index contributed by atoms with van der Waals surface area (Å²) in [5.41, 5.74) is 9.80. The van der Waals surface area contributed by atoms with Crippen LogP contribution in [0.4, 0.5) is 10.6 Å². The van der Waals surface area contributed by atoms with Crippen LogP contribution in [0, 0.1) is 0 Å². The van der Waals surface area contributed by atoms with E-state index in [0.717, 1.165) is 11.3 Å². The molecule has 36 heavy (non-hydrogen) atoms. The number of benzene rings is 2. The Morgan fingerprint density at radius 3 is 2.75 bits per heavy atom. The Kier molecular flexibility index (Phi) is 6.69. The maximum absolute atomic E-state index is 12.0. The fourth-order valence-corrected chi connectivity index (χ4v) is 3.71. The molecule has 12 nitrogen and oxygen atoms in total. The van der Waals surface area contributed by atoms with Crippen molar-refractivity contribution < 1.29 is 24.1 Å². The van der Waals surface area contributed by atoms with Gasteiger partial charge in [0.15, 0.2) is 11.5 Å². The van der Waals surface area contributed by atoms with Crippen molar-refractivity contribution in [1.29, 1.82) is 0 Å². The predicted molar refractivity (Wildman–Crippen MR) is 129 cm³/mol. The standard InChI is InChI=1S/C24H23N7O5/c25-22-21-23(27-13-26-22)31(14-28-21)20-10-18(32)19(36-20)12-34-24(33)30-29-11-15-6-8-17(9-7-15)35-16-4-2-1-3-5-16/h1-9,11,13-14,18-20,32H,10,12H2,(H,30,33)(H2,25,26,27)/b29-11+/t18-,19+,20+/m0/s1. The van der Waals surface area contributed by atoms with Gasteiger partial charge in [0, 0.05) is 6.42 Å². The maximum Gasteiger partial charge on any atom is 0.427 e. The van der Waals surface area contributed by atoms with Gasteiger partial charge < -0.3 is 25.1 Å². The number of hydrazone groups is 1. The van der Waals surface area contributed by atoms with E-state index in [-0.39, 0.29) is 18.8 Å². The second-order valence-corrected chi connectivity index (χ2v) is 7.97. The molecule has 3 heterocycles. The number of anilines is 1. The number of hydrogen-bond acceptors (Lipinski definition) is 10. The summed E-state index contributed by atoms with van der Waals surface area (Å²) in [5.74, 6) is 1.67. The summed E-state index contributed by atoms with van der Waals surface area (Å²) < 4.78 is 18.4. The number of carbonyl (C=O) groups is 1. The number of nitrogens with zero attached hydrogens (tertiary/aromatic N) is 5. The second-order valence-electron chi connectivity index (χ2n) is 7.97. The van der Waals surface area contributed by atoms with Crippen molar-refractivity contribution in [1.82, 2.24) is 24.9 Å². The number of hydrogen-bond donors (Lipinski definition) is 3. The third kappa shape index (κ3) is 5.24. The highest BCUT2D eigenvalue weighted by Gasteiger charge is 2.36. The highest BCUT2D eigenvalue weighted by atomic mass is 16.6. The third-order valence-electron chi connectivity index (χ3n) is 5.51. The Labute approximate surface area is 205 Å². The third-order valence-corrected chi connectivity index (χ3v) is 5.51. The van der Waals surface area contributed by atoms with Gasteiger partial charge in [0.2, 0.25) is 0 Å². The number of aliphatic hydroxyl groups is 1. The van der Waals surface area contributed by atoms with Crippen LogP contribution < -0.4 is 15.9 Å². The van der Waals surface area contributed by atoms with E-state index >= 15 is 0 Å². The maximum atomic E-state index is 12.0. The number of aromatic nitrogens is 4. The monoisotopic (exact) mass is 489 g/mol. The lowest BCUT2D eigenvalue weighted by atomic mass is 10.2. The van der Waals surface area contributed by atoms with Gasteiger partial charge in [-0.15, -0.1) is 0 Å². The number of nitrogens with two attached hydrogens (primary N) is 1. The Bertz CT molecular complexity index is 1360. The number of aliphatic hydroxyl groups excluding tert-OH is 1. The van der Waals surface area contributed by atoms with Crippen LogP contribution in [0.25, 0.3) is 11.2 Å². The Morgan fingerprint density at radius 1 is 1.17 bits per heavy atom. The van der Waals surface area contributed by atoms with Crippen molar-refractivity contribution >= 4 is 29.3 Å². The minimum Gasteiger partial charge on any atom is -0.457 e. The molecule has 4 aromatic rings. The van der Waals surface area contributed by atoms with Gasteiger partial charge in [0.25, 0.3) is 0 Å². The van der Waals surface area contributed by atoms with Gasteiger partial charge in [-0.3, -0.25) is 4.57 Å². The van der Waals surface area contributed by atoms with Crippen molar-refractivity contribution in [3.63, 3.8) is 0 Å². The van der Waals surface area contributed by atoms with Crippen LogP contribution in [0.15, 0.2) is 72.4 Å². The molecule has 5 rings (SSSR count). The van der Waals surface area contributed by atoms with Crippen LogP contribution >= 0.6 is 0 Å². The van der Waals surface area contributed by atoms with E-state index in [4.69, 9.17) is 19.9 Å². The zero-order valence-electron chi connectivity index (χ0n) is 19.0. The van der Waals surface area contributed by atoms with E-state index in [1.54, 1.807) is 28.8 Å². The number of ether oxygens (including phenoxy) is 3. The molecule has 184 valence electrons. The van der Waals surface area contributed by atoms with E-state index in [2.05, 4.69) is 25.5 Å². The molecule has 1 amide bonds. The molecule has 2 aromatic heterocycles. The highest BCUT2D eigenvalue weighted by Crippen LogP contribution is 2.31. The van der Waals surface area contributed by atoms with Crippen molar-refractivity contribution in [3.05, 3.63) is 72.8 Å². The first-order valence-corrected chi connectivity index (χ1v) is 11.1. The number of fused-ring (bicyclic) bond motifs is 1. The Hall–Kier alpha value is -4.55. The number of carbonyl (C=O) groups excluding carboxylic acids is 1. The molecule has 1 aliphatic rings. The SMILES string of the molecule is Nc1ncnc2c1ncn2[C@H]1C[C@H](O)[C@@H](COC(=O)N/N=C/c2ccc(Oc3ccccc3)cc2)O1. The van der Waals surface area contributed by atoms with E-state index in [9.17, 15) is 9.90 Å². The number of rotatable bonds is 7. The van der Waals surface area contributed by atoms with Crippen molar-refractivity contribution in [2.24, 2.45) is 5.10 Å². The van der Waals surface area contributed by atoms with Gasteiger partial charge in [-0.1, -0.05) is 18.2 Å². The fourth-order valence-electron chi connectivity index (χ4n) is 3.71. The van der Waals surface area contributed by atoms with Crippen molar-refractivity contribution in [2.75, 3.05) is 12.3 Å². The Balaban J connectivity index is 1.09.